The van der Waals surface area contributed by atoms with Crippen LogP contribution in [0.1, 0.15) is 46.5 Å². The molecule has 0 aromatic carbocycles. The highest BCUT2D eigenvalue weighted by atomic mass is 16.1. The number of carbonyl (C=O) groups excluding carboxylic acids is 1. The van der Waals surface area contributed by atoms with E-state index in [0.717, 1.165) is 6.42 Å². The van der Waals surface area contributed by atoms with Gasteiger partial charge in [0, 0.05) is 5.41 Å². The van der Waals surface area contributed by atoms with Crippen molar-refractivity contribution in [2.24, 2.45) is 11.3 Å². The smallest absolute Gasteiger partial charge is 0.135 e. The Labute approximate surface area is 69.2 Å². The van der Waals surface area contributed by atoms with Gasteiger partial charge in [-0.3, -0.25) is 4.79 Å². The minimum absolute atomic E-state index is 0.00174. The molecule has 0 aromatic rings. The van der Waals surface area contributed by atoms with Gasteiger partial charge in [0.1, 0.15) is 5.78 Å². The molecule has 0 amide bonds. The monoisotopic (exact) mass is 154 g/mol. The molecule has 1 nitrogen and oxygen atoms in total. The van der Waals surface area contributed by atoms with Crippen molar-refractivity contribution in [3.63, 3.8) is 0 Å². The van der Waals surface area contributed by atoms with Crippen LogP contribution in [0, 0.1) is 11.3 Å². The van der Waals surface area contributed by atoms with Crippen molar-refractivity contribution in [1.82, 2.24) is 0 Å². The van der Waals surface area contributed by atoms with Gasteiger partial charge in [0.25, 0.3) is 0 Å². The molecular weight excluding hydrogens is 136 g/mol. The second-order valence-corrected chi connectivity index (χ2v) is 4.12. The van der Waals surface area contributed by atoms with Crippen LogP contribution < -0.4 is 0 Å². The van der Waals surface area contributed by atoms with Crippen molar-refractivity contribution < 1.29 is 4.79 Å². The van der Waals surface area contributed by atoms with E-state index in [1.165, 1.54) is 19.3 Å². The molecule has 0 unspecified atom stereocenters. The van der Waals surface area contributed by atoms with Crippen LogP contribution in [0.4, 0.5) is 0 Å². The van der Waals surface area contributed by atoms with Crippen molar-refractivity contribution in [2.45, 2.75) is 46.5 Å². The summed E-state index contributed by atoms with van der Waals surface area (Å²) in [5.41, 5.74) is -0.00174. The lowest BCUT2D eigenvalue weighted by atomic mass is 9.66. The Hall–Kier alpha value is -0.330. The first-order valence-corrected chi connectivity index (χ1v) is 4.58. The zero-order valence-corrected chi connectivity index (χ0v) is 7.81. The Morgan fingerprint density at radius 1 is 1.45 bits per heavy atom. The summed E-state index contributed by atoms with van der Waals surface area (Å²) in [6, 6.07) is 0. The Morgan fingerprint density at radius 3 is 2.45 bits per heavy atom. The van der Waals surface area contributed by atoms with Gasteiger partial charge in [0.15, 0.2) is 0 Å². The lowest BCUT2D eigenvalue weighted by Crippen LogP contribution is -2.35. The van der Waals surface area contributed by atoms with Crippen LogP contribution in [0.3, 0.4) is 0 Å². The zero-order valence-electron chi connectivity index (χ0n) is 7.81. The van der Waals surface area contributed by atoms with E-state index in [0.29, 0.717) is 11.7 Å². The van der Waals surface area contributed by atoms with Gasteiger partial charge in [-0.25, -0.2) is 0 Å². The second kappa shape index (κ2) is 2.96. The molecule has 1 saturated carbocycles. The van der Waals surface area contributed by atoms with Gasteiger partial charge in [-0.2, -0.15) is 0 Å². The molecule has 11 heavy (non-hydrogen) atoms. The molecule has 1 heteroatoms. The van der Waals surface area contributed by atoms with Gasteiger partial charge in [0.2, 0.25) is 0 Å². The van der Waals surface area contributed by atoms with Gasteiger partial charge in [0.05, 0.1) is 0 Å². The lowest BCUT2D eigenvalue weighted by Gasteiger charge is -2.37. The number of rotatable bonds is 1. The number of Topliss-reactive ketones (excluding diaryl/α,β-unsaturated/α-hetero) is 1. The highest BCUT2D eigenvalue weighted by Gasteiger charge is 2.37. The normalized spacial score (nSPS) is 38.6. The number of ketones is 1. The molecule has 0 saturated heterocycles. The lowest BCUT2D eigenvalue weighted by molar-refractivity contribution is -0.130. The topological polar surface area (TPSA) is 17.1 Å². The third-order valence-corrected chi connectivity index (χ3v) is 3.48. The fraction of sp³-hybridized carbons (Fsp3) is 0.900. The van der Waals surface area contributed by atoms with Crippen molar-refractivity contribution in [2.75, 3.05) is 0 Å². The Balaban J connectivity index is 2.72. The van der Waals surface area contributed by atoms with E-state index in [1.807, 2.05) is 0 Å². The maximum absolute atomic E-state index is 11.3. The molecule has 0 radical (unpaired) electrons. The van der Waals surface area contributed by atoms with Crippen LogP contribution >= 0.6 is 0 Å². The minimum atomic E-state index is -0.00174. The van der Waals surface area contributed by atoms with Crippen molar-refractivity contribution in [3.05, 3.63) is 0 Å². The first-order valence-electron chi connectivity index (χ1n) is 4.58. The van der Waals surface area contributed by atoms with Crippen molar-refractivity contribution >= 4 is 5.78 Å². The van der Waals surface area contributed by atoms with E-state index in [4.69, 9.17) is 0 Å². The van der Waals surface area contributed by atoms with Gasteiger partial charge in [-0.15, -0.1) is 0 Å². The third kappa shape index (κ3) is 1.47. The molecule has 1 aliphatic carbocycles. The van der Waals surface area contributed by atoms with Gasteiger partial charge in [-0.05, 0) is 25.7 Å². The molecule has 0 N–H and O–H groups in total. The first-order chi connectivity index (χ1) is 5.07. The standard InChI is InChI=1S/C10H18O/c1-8-6-4-5-7-10(8,3)9(2)11/h8H,4-7H2,1-3H3/t8-,10-/m1/s1. The quantitative estimate of drug-likeness (QED) is 0.567. The molecule has 0 heterocycles. The number of carbonyl (C=O) groups is 1. The predicted molar refractivity (Wildman–Crippen MR) is 46.4 cm³/mol. The maximum Gasteiger partial charge on any atom is 0.135 e. The van der Waals surface area contributed by atoms with E-state index in [-0.39, 0.29) is 5.41 Å². The molecule has 1 fully saturated rings. The van der Waals surface area contributed by atoms with Crippen molar-refractivity contribution in [3.8, 4) is 0 Å². The fourth-order valence-electron chi connectivity index (χ4n) is 2.03. The van der Waals surface area contributed by atoms with Gasteiger partial charge < -0.3 is 0 Å². The van der Waals surface area contributed by atoms with Crippen molar-refractivity contribution in [1.29, 1.82) is 0 Å². The first kappa shape index (κ1) is 8.76. The maximum atomic E-state index is 11.3. The zero-order chi connectivity index (χ0) is 8.48. The number of hydrogen-bond donors (Lipinski definition) is 0. The van der Waals surface area contributed by atoms with Crippen LogP contribution in [-0.4, -0.2) is 5.78 Å². The second-order valence-electron chi connectivity index (χ2n) is 4.12. The van der Waals surface area contributed by atoms with Crippen LogP contribution in [0.5, 0.6) is 0 Å². The van der Waals surface area contributed by atoms with Gasteiger partial charge >= 0.3 is 0 Å². The van der Waals surface area contributed by atoms with E-state index < -0.39 is 0 Å². The molecule has 64 valence electrons. The molecule has 2 atom stereocenters. The fourth-order valence-corrected chi connectivity index (χ4v) is 2.03. The Morgan fingerprint density at radius 2 is 2.09 bits per heavy atom. The van der Waals surface area contributed by atoms with Gasteiger partial charge in [-0.1, -0.05) is 26.7 Å². The average Bonchev–Trinajstić information content (AvgIpc) is 1.95. The molecule has 0 bridgehead atoms. The van der Waals surface area contributed by atoms with E-state index in [9.17, 15) is 4.79 Å². The summed E-state index contributed by atoms with van der Waals surface area (Å²) in [6.45, 7) is 6.07. The SMILES string of the molecule is CC(=O)[C@]1(C)CCCC[C@H]1C. The summed E-state index contributed by atoms with van der Waals surface area (Å²) in [5.74, 6) is 0.971. The predicted octanol–water partition coefficient (Wildman–Crippen LogP) is 2.79. The summed E-state index contributed by atoms with van der Waals surface area (Å²) in [6.07, 6.45) is 4.88. The molecule has 0 aromatic heterocycles. The minimum Gasteiger partial charge on any atom is -0.299 e. The van der Waals surface area contributed by atoms with E-state index >= 15 is 0 Å². The van der Waals surface area contributed by atoms with Crippen LogP contribution in [0.15, 0.2) is 0 Å². The number of hydrogen-bond acceptors (Lipinski definition) is 1. The largest absolute Gasteiger partial charge is 0.299 e. The highest BCUT2D eigenvalue weighted by molar-refractivity contribution is 5.82. The molecule has 0 spiro atoms. The molecule has 0 aliphatic heterocycles. The highest BCUT2D eigenvalue weighted by Crippen LogP contribution is 2.41. The molecular formula is C10H18O. The van der Waals surface area contributed by atoms with Crippen LogP contribution in [-0.2, 0) is 4.79 Å². The Bertz CT molecular complexity index is 162. The third-order valence-electron chi connectivity index (χ3n) is 3.48. The summed E-state index contributed by atoms with van der Waals surface area (Å²) in [7, 11) is 0. The average molecular weight is 154 g/mol. The van der Waals surface area contributed by atoms with E-state index in [1.54, 1.807) is 6.92 Å². The van der Waals surface area contributed by atoms with Crippen LogP contribution in [0.2, 0.25) is 0 Å². The van der Waals surface area contributed by atoms with E-state index in [2.05, 4.69) is 13.8 Å². The summed E-state index contributed by atoms with van der Waals surface area (Å²) in [5, 5.41) is 0. The molecule has 1 aliphatic rings. The summed E-state index contributed by atoms with van der Waals surface area (Å²) < 4.78 is 0. The van der Waals surface area contributed by atoms with Crippen LogP contribution in [0.25, 0.3) is 0 Å². The summed E-state index contributed by atoms with van der Waals surface area (Å²) >= 11 is 0. The Kier molecular flexibility index (Phi) is 2.36. The molecule has 1 rings (SSSR count). The summed E-state index contributed by atoms with van der Waals surface area (Å²) in [4.78, 5) is 11.3.